The third kappa shape index (κ3) is 1.45. The van der Waals surface area contributed by atoms with Crippen LogP contribution in [-0.4, -0.2) is 11.3 Å². The van der Waals surface area contributed by atoms with E-state index < -0.39 is 6.30 Å². The maximum absolute atomic E-state index is 11.6. The highest BCUT2D eigenvalue weighted by Crippen LogP contribution is 2.24. The van der Waals surface area contributed by atoms with E-state index in [1.807, 2.05) is 0 Å². The Hall–Kier alpha value is -0.620. The van der Waals surface area contributed by atoms with Gasteiger partial charge in [-0.1, -0.05) is 5.59 Å². The van der Waals surface area contributed by atoms with Gasteiger partial charge in [-0.3, -0.25) is 0 Å². The zero-order valence-corrected chi connectivity index (χ0v) is 5.20. The molecule has 0 aromatic carbocycles. The molecule has 1 aliphatic rings. The quantitative estimate of drug-likeness (QED) is 0.560. The van der Waals surface area contributed by atoms with E-state index in [-0.39, 0.29) is 10.2 Å². The first kappa shape index (κ1) is 7.49. The Morgan fingerprint density at radius 1 is 1.60 bits per heavy atom. The molecule has 3 nitrogen and oxygen atoms in total. The number of alkyl halides is 3. The zero-order valence-electron chi connectivity index (χ0n) is 4.44. The highest BCUT2D eigenvalue weighted by Gasteiger charge is 2.39. The van der Waals surface area contributed by atoms with Crippen LogP contribution < -0.4 is 5.59 Å². The van der Waals surface area contributed by atoms with Gasteiger partial charge in [0.1, 0.15) is 0 Å². The summed E-state index contributed by atoms with van der Waals surface area (Å²) in [5, 5.41) is -0.549. The van der Waals surface area contributed by atoms with Crippen LogP contribution in [0.15, 0.2) is 11.4 Å². The van der Waals surface area contributed by atoms with E-state index in [0.717, 1.165) is 0 Å². The van der Waals surface area contributed by atoms with E-state index in [9.17, 15) is 13.2 Å². The fourth-order valence-corrected chi connectivity index (χ4v) is 0.504. The van der Waals surface area contributed by atoms with Crippen molar-refractivity contribution in [1.82, 2.24) is 10.6 Å². The van der Waals surface area contributed by atoms with Crippen LogP contribution >= 0.6 is 11.6 Å². The molecule has 0 saturated carbocycles. The summed E-state index contributed by atoms with van der Waals surface area (Å²) in [6.07, 6.45) is -3.92. The summed E-state index contributed by atoms with van der Waals surface area (Å²) in [7, 11) is 0. The Balaban J connectivity index is 2.61. The minimum Gasteiger partial charge on any atom is -0.375 e. The first-order valence-corrected chi connectivity index (χ1v) is 2.54. The number of hydrogen-bond donors (Lipinski definition) is 1. The Bertz CT molecular complexity index is 168. The summed E-state index contributed by atoms with van der Waals surface area (Å²) in [6, 6.07) is 0. The van der Waals surface area contributed by atoms with Crippen LogP contribution in [0.5, 0.6) is 0 Å². The second-order valence-corrected chi connectivity index (χ2v) is 1.84. The summed E-state index contributed by atoms with van der Waals surface area (Å²) in [6.45, 7) is 0. The normalized spacial score (nSPS) is 18.8. The molecule has 0 aromatic rings. The second kappa shape index (κ2) is 2.21. The molecule has 0 unspecified atom stereocenters. The zero-order chi connectivity index (χ0) is 7.78. The Morgan fingerprint density at radius 3 is 2.40 bits per heavy atom. The highest BCUT2D eigenvalue weighted by atomic mass is 35.5. The second-order valence-electron chi connectivity index (χ2n) is 1.46. The monoisotopic (exact) mass is 174 g/mol. The van der Waals surface area contributed by atoms with Gasteiger partial charge in [0.15, 0.2) is 0 Å². The summed E-state index contributed by atoms with van der Waals surface area (Å²) in [4.78, 5) is 4.07. The number of halogens is 4. The van der Waals surface area contributed by atoms with Crippen molar-refractivity contribution < 1.29 is 18.0 Å². The molecule has 1 rings (SSSR count). The molecule has 0 amide bonds. The van der Waals surface area contributed by atoms with Gasteiger partial charge in [-0.25, -0.2) is 0 Å². The van der Waals surface area contributed by atoms with Crippen molar-refractivity contribution in [3.8, 4) is 0 Å². The lowest BCUT2D eigenvalue weighted by Gasteiger charge is -2.15. The van der Waals surface area contributed by atoms with Crippen molar-refractivity contribution in [2.75, 3.05) is 0 Å². The van der Waals surface area contributed by atoms with Crippen molar-refractivity contribution in [3.05, 3.63) is 11.4 Å². The van der Waals surface area contributed by atoms with Gasteiger partial charge in [0, 0.05) is 0 Å². The predicted octanol–water partition coefficient (Wildman–Crippen LogP) is 1.30. The fourth-order valence-electron chi connectivity index (χ4n) is 0.372. The lowest BCUT2D eigenvalue weighted by molar-refractivity contribution is -0.265. The molecule has 10 heavy (non-hydrogen) atoms. The van der Waals surface area contributed by atoms with Crippen molar-refractivity contribution in [2.45, 2.75) is 6.30 Å². The number of hydrogen-bond acceptors (Lipinski definition) is 3. The van der Waals surface area contributed by atoms with Crippen LogP contribution in [0.25, 0.3) is 0 Å². The fraction of sp³-hybridized carbons (Fsp3) is 0.333. The number of hydrazine groups is 1. The topological polar surface area (TPSA) is 24.5 Å². The molecule has 0 aromatic heterocycles. The third-order valence-electron chi connectivity index (χ3n) is 0.745. The Kier molecular flexibility index (Phi) is 1.65. The summed E-state index contributed by atoms with van der Waals surface area (Å²) in [5.41, 5.74) is 1.53. The third-order valence-corrected chi connectivity index (χ3v) is 0.920. The maximum Gasteiger partial charge on any atom is 0.501 e. The van der Waals surface area contributed by atoms with E-state index in [1.165, 1.54) is 5.59 Å². The van der Waals surface area contributed by atoms with Crippen molar-refractivity contribution >= 4 is 11.6 Å². The van der Waals surface area contributed by atoms with Gasteiger partial charge < -0.3 is 4.84 Å². The number of nitrogens with one attached hydrogen (secondary N) is 1. The number of nitrogens with zero attached hydrogens (tertiary/aromatic N) is 1. The Morgan fingerprint density at radius 2 is 2.20 bits per heavy atom. The average Bonchev–Trinajstić information content (AvgIpc) is 2.11. The molecule has 0 fully saturated rings. The first-order valence-electron chi connectivity index (χ1n) is 2.16. The molecule has 0 atom stereocenters. The van der Waals surface area contributed by atoms with Crippen LogP contribution in [0.4, 0.5) is 13.2 Å². The number of rotatable bonds is 0. The van der Waals surface area contributed by atoms with Gasteiger partial charge in [-0.05, 0) is 11.6 Å². The molecule has 0 radical (unpaired) electrons. The SMILES string of the molecule is FC(F)(F)N1C=C(Cl)ON1. The lowest BCUT2D eigenvalue weighted by atomic mass is 10.9. The van der Waals surface area contributed by atoms with Gasteiger partial charge in [0.05, 0.1) is 6.20 Å². The van der Waals surface area contributed by atoms with E-state index in [4.69, 9.17) is 11.6 Å². The molecule has 0 aliphatic carbocycles. The summed E-state index contributed by atoms with van der Waals surface area (Å²) < 4.78 is 34.8. The van der Waals surface area contributed by atoms with Crippen molar-refractivity contribution in [3.63, 3.8) is 0 Å². The van der Waals surface area contributed by atoms with E-state index in [0.29, 0.717) is 6.20 Å². The summed E-state index contributed by atoms with van der Waals surface area (Å²) in [5.74, 6) is 0. The van der Waals surface area contributed by atoms with Gasteiger partial charge >= 0.3 is 6.30 Å². The molecule has 1 N–H and O–H groups in total. The summed E-state index contributed by atoms with van der Waals surface area (Å²) >= 11 is 5.05. The average molecular weight is 175 g/mol. The maximum atomic E-state index is 11.6. The molecular formula is C3H2ClF3N2O. The van der Waals surface area contributed by atoms with E-state index in [2.05, 4.69) is 4.84 Å². The first-order chi connectivity index (χ1) is 4.50. The largest absolute Gasteiger partial charge is 0.501 e. The molecular weight excluding hydrogens is 172 g/mol. The lowest BCUT2D eigenvalue weighted by Crippen LogP contribution is -2.40. The Labute approximate surface area is 58.9 Å². The molecule has 1 aliphatic heterocycles. The standard InChI is InChI=1S/C3H2ClF3N2O/c4-2-1-9(8-10-2)3(5,6)7/h1,8H. The molecule has 0 spiro atoms. The van der Waals surface area contributed by atoms with E-state index >= 15 is 0 Å². The molecule has 7 heteroatoms. The van der Waals surface area contributed by atoms with Crippen LogP contribution in [0.3, 0.4) is 0 Å². The van der Waals surface area contributed by atoms with Crippen LogP contribution in [0, 0.1) is 0 Å². The predicted molar refractivity (Wildman–Crippen MR) is 26.1 cm³/mol. The molecule has 58 valence electrons. The molecule has 1 heterocycles. The van der Waals surface area contributed by atoms with Gasteiger partial charge in [-0.2, -0.15) is 5.01 Å². The molecule has 0 bridgehead atoms. The van der Waals surface area contributed by atoms with Gasteiger partial charge in [0.2, 0.25) is 5.22 Å². The van der Waals surface area contributed by atoms with Gasteiger partial charge in [-0.15, -0.1) is 13.2 Å². The van der Waals surface area contributed by atoms with E-state index in [1.54, 1.807) is 0 Å². The van der Waals surface area contributed by atoms with Crippen molar-refractivity contribution in [2.24, 2.45) is 0 Å². The highest BCUT2D eigenvalue weighted by molar-refractivity contribution is 6.28. The van der Waals surface area contributed by atoms with Crippen molar-refractivity contribution in [1.29, 1.82) is 0 Å². The minimum absolute atomic E-state index is 0.199. The minimum atomic E-state index is -4.50. The smallest absolute Gasteiger partial charge is 0.375 e. The van der Waals surface area contributed by atoms with Gasteiger partial charge in [0.25, 0.3) is 0 Å². The molecule has 0 saturated heterocycles. The van der Waals surface area contributed by atoms with Crippen LogP contribution in [-0.2, 0) is 4.84 Å². The van der Waals surface area contributed by atoms with Crippen LogP contribution in [0.2, 0.25) is 0 Å². The van der Waals surface area contributed by atoms with Crippen LogP contribution in [0.1, 0.15) is 0 Å².